The third kappa shape index (κ3) is 1.92. The van der Waals surface area contributed by atoms with Crippen molar-refractivity contribution in [3.63, 3.8) is 0 Å². The fourth-order valence-electron chi connectivity index (χ4n) is 1.19. The largest absolute Gasteiger partial charge is 0.294 e. The van der Waals surface area contributed by atoms with Crippen molar-refractivity contribution in [1.82, 2.24) is 5.32 Å². The van der Waals surface area contributed by atoms with Crippen molar-refractivity contribution in [3.8, 4) is 0 Å². The minimum atomic E-state index is 0.161. The molecule has 13 heavy (non-hydrogen) atoms. The first-order valence-electron chi connectivity index (χ1n) is 3.98. The van der Waals surface area contributed by atoms with Crippen LogP contribution in [0.25, 0.3) is 0 Å². The average molecular weight is 190 g/mol. The third-order valence-corrected chi connectivity index (χ3v) is 2.67. The summed E-state index contributed by atoms with van der Waals surface area (Å²) in [5, 5.41) is 5.93. The second-order valence-electron chi connectivity index (χ2n) is 2.74. The lowest BCUT2D eigenvalue weighted by Gasteiger charge is -2.12. The van der Waals surface area contributed by atoms with Gasteiger partial charge in [-0.2, -0.15) is 0 Å². The van der Waals surface area contributed by atoms with Gasteiger partial charge in [0, 0.05) is 23.7 Å². The van der Waals surface area contributed by atoms with Gasteiger partial charge in [-0.15, -0.1) is 0 Å². The Balaban J connectivity index is 2.17. The molecule has 0 unspecified atom stereocenters. The van der Waals surface area contributed by atoms with E-state index in [-0.39, 0.29) is 5.78 Å². The summed E-state index contributed by atoms with van der Waals surface area (Å²) in [6, 6.07) is 0. The van der Waals surface area contributed by atoms with Crippen LogP contribution in [0.5, 0.6) is 0 Å². The quantitative estimate of drug-likeness (QED) is 0.634. The molecule has 0 atom stereocenters. The molecular formula is C10H8NOS. The normalized spacial score (nSPS) is 20.8. The van der Waals surface area contributed by atoms with Gasteiger partial charge in [0.1, 0.15) is 0 Å². The topological polar surface area (TPSA) is 31.2 Å². The van der Waals surface area contributed by atoms with E-state index in [9.17, 15) is 4.79 Å². The van der Waals surface area contributed by atoms with E-state index in [1.165, 1.54) is 0 Å². The van der Waals surface area contributed by atoms with Crippen molar-refractivity contribution < 1.29 is 4.79 Å². The molecule has 0 saturated carbocycles. The Hall–Kier alpha value is -1.22. The second-order valence-corrected chi connectivity index (χ2v) is 3.69. The van der Waals surface area contributed by atoms with Crippen LogP contribution in [0.15, 0.2) is 46.5 Å². The zero-order valence-electron chi connectivity index (χ0n) is 6.93. The molecule has 1 aliphatic carbocycles. The van der Waals surface area contributed by atoms with E-state index in [4.69, 9.17) is 0 Å². The first-order valence-corrected chi connectivity index (χ1v) is 4.86. The van der Waals surface area contributed by atoms with E-state index < -0.39 is 0 Å². The molecule has 2 aliphatic rings. The lowest BCUT2D eigenvalue weighted by Crippen LogP contribution is -2.02. The summed E-state index contributed by atoms with van der Waals surface area (Å²) < 4.78 is 0. The number of carbonyl (C=O) groups is 1. The summed E-state index contributed by atoms with van der Waals surface area (Å²) in [4.78, 5) is 12.2. The summed E-state index contributed by atoms with van der Waals surface area (Å²) >= 11 is 1.60. The van der Waals surface area contributed by atoms with Gasteiger partial charge < -0.3 is 0 Å². The van der Waals surface area contributed by atoms with Crippen LogP contribution < -0.4 is 5.32 Å². The zero-order valence-corrected chi connectivity index (χ0v) is 7.75. The van der Waals surface area contributed by atoms with Crippen LogP contribution in [0.1, 0.15) is 6.42 Å². The smallest absolute Gasteiger partial charge is 0.160 e. The van der Waals surface area contributed by atoms with Gasteiger partial charge in [0.25, 0.3) is 0 Å². The molecule has 0 aromatic carbocycles. The molecule has 1 heterocycles. The summed E-state index contributed by atoms with van der Waals surface area (Å²) in [7, 11) is 0. The Bertz CT molecular complexity index is 350. The van der Waals surface area contributed by atoms with Crippen LogP contribution in [-0.2, 0) is 4.79 Å². The molecule has 0 amide bonds. The van der Waals surface area contributed by atoms with Crippen LogP contribution >= 0.6 is 11.8 Å². The maximum atomic E-state index is 11.1. The third-order valence-electron chi connectivity index (χ3n) is 1.79. The van der Waals surface area contributed by atoms with Crippen LogP contribution in [0.3, 0.4) is 0 Å². The predicted molar refractivity (Wildman–Crippen MR) is 53.8 cm³/mol. The standard InChI is InChI=1S/C10H8NOS/c12-9-3-1-2-8(6-9)10-7-11-4-5-13-10/h1-5,7H,6H2. The second kappa shape index (κ2) is 3.66. The fourth-order valence-corrected chi connectivity index (χ4v) is 1.88. The molecule has 0 spiro atoms. The molecule has 65 valence electrons. The average Bonchev–Trinajstić information content (AvgIpc) is 2.19. The van der Waals surface area contributed by atoms with E-state index in [1.807, 2.05) is 11.5 Å². The summed E-state index contributed by atoms with van der Waals surface area (Å²) in [5.74, 6) is 0.161. The van der Waals surface area contributed by atoms with Crippen LogP contribution in [0, 0.1) is 0 Å². The number of hydrogen-bond acceptors (Lipinski definition) is 2. The van der Waals surface area contributed by atoms with E-state index in [2.05, 4.69) is 5.32 Å². The highest BCUT2D eigenvalue weighted by atomic mass is 32.2. The highest BCUT2D eigenvalue weighted by Crippen LogP contribution is 2.30. The monoisotopic (exact) mass is 190 g/mol. The Morgan fingerprint density at radius 3 is 3.08 bits per heavy atom. The molecule has 2 rings (SSSR count). The van der Waals surface area contributed by atoms with Crippen molar-refractivity contribution in [3.05, 3.63) is 46.5 Å². The van der Waals surface area contributed by atoms with Gasteiger partial charge in [-0.3, -0.25) is 10.1 Å². The van der Waals surface area contributed by atoms with Crippen molar-refractivity contribution in [2.45, 2.75) is 6.42 Å². The van der Waals surface area contributed by atoms with Gasteiger partial charge in [-0.05, 0) is 17.1 Å². The number of hydrogen-bond donors (Lipinski definition) is 0. The van der Waals surface area contributed by atoms with E-state index in [0.29, 0.717) is 6.42 Å². The number of thioether (sulfide) groups is 1. The number of carbonyl (C=O) groups excluding carboxylic acids is 1. The van der Waals surface area contributed by atoms with Crippen LogP contribution in [0.2, 0.25) is 0 Å². The SMILES string of the molecule is O=C1C=CC=C(C2=C[N]C=CS2)C1. The van der Waals surface area contributed by atoms with Gasteiger partial charge in [-0.1, -0.05) is 23.9 Å². The minimum Gasteiger partial charge on any atom is -0.294 e. The Kier molecular flexibility index (Phi) is 2.36. The highest BCUT2D eigenvalue weighted by molar-refractivity contribution is 8.06. The first kappa shape index (κ1) is 8.38. The molecule has 0 fully saturated rings. The molecule has 1 radical (unpaired) electrons. The Labute approximate surface area is 81.1 Å². The van der Waals surface area contributed by atoms with E-state index >= 15 is 0 Å². The molecule has 0 aromatic rings. The Morgan fingerprint density at radius 1 is 1.46 bits per heavy atom. The Morgan fingerprint density at radius 2 is 2.38 bits per heavy atom. The van der Waals surface area contributed by atoms with Crippen molar-refractivity contribution >= 4 is 17.5 Å². The molecule has 3 heteroatoms. The number of rotatable bonds is 1. The lowest BCUT2D eigenvalue weighted by molar-refractivity contribution is -0.114. The zero-order chi connectivity index (χ0) is 9.10. The summed E-state index contributed by atoms with van der Waals surface area (Å²) in [6.07, 6.45) is 9.40. The highest BCUT2D eigenvalue weighted by Gasteiger charge is 2.12. The number of allylic oxidation sites excluding steroid dienone is 4. The van der Waals surface area contributed by atoms with Gasteiger partial charge in [0.05, 0.1) is 0 Å². The van der Waals surface area contributed by atoms with Gasteiger partial charge in [0.2, 0.25) is 0 Å². The summed E-state index contributed by atoms with van der Waals surface area (Å²) in [5.41, 5.74) is 1.06. The molecule has 0 N–H and O–H groups in total. The molecular weight excluding hydrogens is 182 g/mol. The molecule has 0 aromatic heterocycles. The van der Waals surface area contributed by atoms with Crippen molar-refractivity contribution in [2.24, 2.45) is 0 Å². The van der Waals surface area contributed by atoms with Gasteiger partial charge in [-0.25, -0.2) is 0 Å². The van der Waals surface area contributed by atoms with E-state index in [0.717, 1.165) is 10.5 Å². The van der Waals surface area contributed by atoms with E-state index in [1.54, 1.807) is 36.3 Å². The molecule has 0 bridgehead atoms. The summed E-state index contributed by atoms with van der Waals surface area (Å²) in [6.45, 7) is 0. The maximum Gasteiger partial charge on any atom is 0.160 e. The number of nitrogens with zero attached hydrogens (tertiary/aromatic N) is 1. The molecule has 1 aliphatic heterocycles. The molecule has 2 nitrogen and oxygen atoms in total. The van der Waals surface area contributed by atoms with Crippen molar-refractivity contribution in [2.75, 3.05) is 0 Å². The number of ketones is 1. The maximum absolute atomic E-state index is 11.1. The molecule has 0 saturated heterocycles. The van der Waals surface area contributed by atoms with Crippen LogP contribution in [-0.4, -0.2) is 5.78 Å². The minimum absolute atomic E-state index is 0.161. The van der Waals surface area contributed by atoms with Crippen LogP contribution in [0.4, 0.5) is 0 Å². The predicted octanol–water partition coefficient (Wildman–Crippen LogP) is 2.11. The van der Waals surface area contributed by atoms with Gasteiger partial charge >= 0.3 is 0 Å². The fraction of sp³-hybridized carbons (Fsp3) is 0.100. The first-order chi connectivity index (χ1) is 6.36. The lowest BCUT2D eigenvalue weighted by atomic mass is 10.0. The van der Waals surface area contributed by atoms with Gasteiger partial charge in [0.15, 0.2) is 5.78 Å². The van der Waals surface area contributed by atoms with Crippen molar-refractivity contribution in [1.29, 1.82) is 0 Å².